The zero-order valence-electron chi connectivity index (χ0n) is 14.5. The number of nitrogen functional groups attached to an aromatic ring is 1. The van der Waals surface area contributed by atoms with Crippen LogP contribution in [-0.4, -0.2) is 56.9 Å². The van der Waals surface area contributed by atoms with E-state index in [1.807, 2.05) is 26.0 Å². The van der Waals surface area contributed by atoms with Crippen molar-refractivity contribution in [3.05, 3.63) is 23.8 Å². The number of nitrogens with one attached hydrogen (secondary N) is 1. The predicted octanol–water partition coefficient (Wildman–Crippen LogP) is 1.91. The van der Waals surface area contributed by atoms with Crippen LogP contribution < -0.4 is 15.8 Å². The molecule has 1 heterocycles. The van der Waals surface area contributed by atoms with E-state index in [1.165, 1.54) is 5.56 Å². The molecule has 130 valence electrons. The average molecular weight is 321 g/mol. The molecule has 0 aromatic heterocycles. The van der Waals surface area contributed by atoms with E-state index >= 15 is 0 Å². The Kier molecular flexibility index (Phi) is 7.65. The Hall–Kier alpha value is -1.30. The lowest BCUT2D eigenvalue weighted by Crippen LogP contribution is -2.40. The number of nitrogens with two attached hydrogens (primary N) is 1. The largest absolute Gasteiger partial charge is 0.489 e. The second-order valence-corrected chi connectivity index (χ2v) is 6.35. The van der Waals surface area contributed by atoms with E-state index in [9.17, 15) is 0 Å². The average Bonchev–Trinajstić information content (AvgIpc) is 2.54. The van der Waals surface area contributed by atoms with Gasteiger partial charge in [-0.3, -0.25) is 4.90 Å². The van der Waals surface area contributed by atoms with Gasteiger partial charge in [-0.1, -0.05) is 6.07 Å². The molecule has 1 saturated heterocycles. The second kappa shape index (κ2) is 9.75. The highest BCUT2D eigenvalue weighted by Crippen LogP contribution is 2.24. The van der Waals surface area contributed by atoms with Crippen LogP contribution in [0.3, 0.4) is 0 Å². The van der Waals surface area contributed by atoms with Crippen LogP contribution >= 0.6 is 0 Å². The number of ether oxygens (including phenoxy) is 2. The molecule has 1 aliphatic rings. The van der Waals surface area contributed by atoms with Gasteiger partial charge in [-0.15, -0.1) is 0 Å². The van der Waals surface area contributed by atoms with Gasteiger partial charge in [0.2, 0.25) is 0 Å². The van der Waals surface area contributed by atoms with Crippen LogP contribution in [-0.2, 0) is 11.2 Å². The molecule has 1 fully saturated rings. The standard InChI is InChI=1S/C18H31N3O2/c1-15(2)23-18-6-5-16(14-17(18)19)4-3-7-20-8-9-21-10-12-22-13-11-21/h5-6,14-15,20H,3-4,7-13,19H2,1-2H3. The summed E-state index contributed by atoms with van der Waals surface area (Å²) in [4.78, 5) is 2.45. The summed E-state index contributed by atoms with van der Waals surface area (Å²) in [5.74, 6) is 0.785. The van der Waals surface area contributed by atoms with Crippen LogP contribution in [0.2, 0.25) is 0 Å². The molecule has 3 N–H and O–H groups in total. The molecule has 0 saturated carbocycles. The fourth-order valence-electron chi connectivity index (χ4n) is 2.72. The summed E-state index contributed by atoms with van der Waals surface area (Å²) in [6.45, 7) is 11.1. The van der Waals surface area contributed by atoms with Gasteiger partial charge in [0.15, 0.2) is 0 Å². The van der Waals surface area contributed by atoms with E-state index in [2.05, 4.69) is 16.3 Å². The third-order valence-electron chi connectivity index (χ3n) is 3.96. The van der Waals surface area contributed by atoms with Crippen molar-refractivity contribution in [2.45, 2.75) is 32.8 Å². The molecule has 0 spiro atoms. The van der Waals surface area contributed by atoms with E-state index in [0.29, 0.717) is 0 Å². The van der Waals surface area contributed by atoms with Gasteiger partial charge in [0.05, 0.1) is 25.0 Å². The van der Waals surface area contributed by atoms with Gasteiger partial charge in [-0.2, -0.15) is 0 Å². The SMILES string of the molecule is CC(C)Oc1ccc(CCCNCCN2CCOCC2)cc1N. The summed E-state index contributed by atoms with van der Waals surface area (Å²) >= 11 is 0. The Labute approximate surface area is 140 Å². The van der Waals surface area contributed by atoms with E-state index in [-0.39, 0.29) is 6.10 Å². The van der Waals surface area contributed by atoms with Crippen molar-refractivity contribution in [3.8, 4) is 5.75 Å². The highest BCUT2D eigenvalue weighted by molar-refractivity contribution is 5.54. The monoisotopic (exact) mass is 321 g/mol. The second-order valence-electron chi connectivity index (χ2n) is 6.35. The zero-order chi connectivity index (χ0) is 16.5. The maximum absolute atomic E-state index is 6.05. The number of morpholine rings is 1. The fraction of sp³-hybridized carbons (Fsp3) is 0.667. The van der Waals surface area contributed by atoms with Crippen LogP contribution in [0.25, 0.3) is 0 Å². The number of rotatable bonds is 9. The Balaban J connectivity index is 1.59. The zero-order valence-corrected chi connectivity index (χ0v) is 14.5. The first-order valence-corrected chi connectivity index (χ1v) is 8.71. The fourth-order valence-corrected chi connectivity index (χ4v) is 2.72. The van der Waals surface area contributed by atoms with Crippen LogP contribution in [0.1, 0.15) is 25.8 Å². The Morgan fingerprint density at radius 3 is 2.74 bits per heavy atom. The van der Waals surface area contributed by atoms with Crippen LogP contribution in [0, 0.1) is 0 Å². The first kappa shape index (κ1) is 18.0. The van der Waals surface area contributed by atoms with E-state index in [1.54, 1.807) is 0 Å². The highest BCUT2D eigenvalue weighted by Gasteiger charge is 2.09. The summed E-state index contributed by atoms with van der Waals surface area (Å²) in [6.07, 6.45) is 2.31. The minimum absolute atomic E-state index is 0.152. The Bertz CT molecular complexity index is 460. The number of aryl methyl sites for hydroxylation is 1. The summed E-state index contributed by atoms with van der Waals surface area (Å²) in [5.41, 5.74) is 8.05. The maximum Gasteiger partial charge on any atom is 0.142 e. The number of anilines is 1. The molecule has 0 bridgehead atoms. The first-order chi connectivity index (χ1) is 11.1. The Morgan fingerprint density at radius 1 is 1.26 bits per heavy atom. The molecule has 0 radical (unpaired) electrons. The smallest absolute Gasteiger partial charge is 0.142 e. The summed E-state index contributed by atoms with van der Waals surface area (Å²) in [6, 6.07) is 6.13. The number of hydrogen-bond donors (Lipinski definition) is 2. The Morgan fingerprint density at radius 2 is 2.04 bits per heavy atom. The van der Waals surface area contributed by atoms with Crippen molar-refractivity contribution in [1.29, 1.82) is 0 Å². The molecule has 1 aromatic rings. The van der Waals surface area contributed by atoms with E-state index in [0.717, 1.165) is 70.2 Å². The summed E-state index contributed by atoms with van der Waals surface area (Å²) in [7, 11) is 0. The van der Waals surface area contributed by atoms with E-state index in [4.69, 9.17) is 15.2 Å². The third-order valence-corrected chi connectivity index (χ3v) is 3.96. The molecular weight excluding hydrogens is 290 g/mol. The lowest BCUT2D eigenvalue weighted by Gasteiger charge is -2.26. The molecule has 0 aliphatic carbocycles. The first-order valence-electron chi connectivity index (χ1n) is 8.71. The molecule has 0 amide bonds. The van der Waals surface area contributed by atoms with Gasteiger partial charge in [0.1, 0.15) is 5.75 Å². The lowest BCUT2D eigenvalue weighted by atomic mass is 10.1. The van der Waals surface area contributed by atoms with Gasteiger partial charge < -0.3 is 20.5 Å². The predicted molar refractivity (Wildman–Crippen MR) is 95.1 cm³/mol. The molecular formula is C18H31N3O2. The molecule has 2 rings (SSSR count). The number of benzene rings is 1. The highest BCUT2D eigenvalue weighted by atomic mass is 16.5. The molecule has 1 aromatic carbocycles. The molecule has 1 aliphatic heterocycles. The minimum Gasteiger partial charge on any atom is -0.489 e. The molecule has 0 atom stereocenters. The molecule has 5 nitrogen and oxygen atoms in total. The van der Waals surface area contributed by atoms with Crippen molar-refractivity contribution in [1.82, 2.24) is 10.2 Å². The van der Waals surface area contributed by atoms with Crippen LogP contribution in [0.15, 0.2) is 18.2 Å². The third kappa shape index (κ3) is 6.77. The maximum atomic E-state index is 6.05. The number of hydrogen-bond acceptors (Lipinski definition) is 5. The van der Waals surface area contributed by atoms with Crippen molar-refractivity contribution in [2.75, 3.05) is 51.7 Å². The van der Waals surface area contributed by atoms with Crippen LogP contribution in [0.4, 0.5) is 5.69 Å². The van der Waals surface area contributed by atoms with Crippen molar-refractivity contribution in [2.24, 2.45) is 0 Å². The van der Waals surface area contributed by atoms with Gasteiger partial charge in [-0.25, -0.2) is 0 Å². The normalized spacial score (nSPS) is 16.0. The molecule has 0 unspecified atom stereocenters. The summed E-state index contributed by atoms with van der Waals surface area (Å²) < 4.78 is 11.0. The lowest BCUT2D eigenvalue weighted by molar-refractivity contribution is 0.0384. The van der Waals surface area contributed by atoms with Crippen molar-refractivity contribution in [3.63, 3.8) is 0 Å². The molecule has 5 heteroatoms. The van der Waals surface area contributed by atoms with Crippen molar-refractivity contribution < 1.29 is 9.47 Å². The van der Waals surface area contributed by atoms with Gasteiger partial charge in [0.25, 0.3) is 0 Å². The van der Waals surface area contributed by atoms with Crippen LogP contribution in [0.5, 0.6) is 5.75 Å². The van der Waals surface area contributed by atoms with Gasteiger partial charge in [-0.05, 0) is 50.9 Å². The minimum atomic E-state index is 0.152. The van der Waals surface area contributed by atoms with Crippen molar-refractivity contribution >= 4 is 5.69 Å². The molecule has 23 heavy (non-hydrogen) atoms. The summed E-state index contributed by atoms with van der Waals surface area (Å²) in [5, 5.41) is 3.52. The van der Waals surface area contributed by atoms with E-state index < -0.39 is 0 Å². The quantitative estimate of drug-likeness (QED) is 0.537. The topological polar surface area (TPSA) is 59.8 Å². The number of nitrogens with zero attached hydrogens (tertiary/aromatic N) is 1. The van der Waals surface area contributed by atoms with Gasteiger partial charge >= 0.3 is 0 Å². The van der Waals surface area contributed by atoms with Gasteiger partial charge in [0, 0.05) is 26.2 Å².